The fraction of sp³-hybridized carbons (Fsp3) is 0.263. The number of carbonyl (C=O) groups excluding carboxylic acids is 2. The zero-order valence-electron chi connectivity index (χ0n) is 14.5. The maximum atomic E-state index is 12.1. The monoisotopic (exact) mass is 341 g/mol. The summed E-state index contributed by atoms with van der Waals surface area (Å²) in [7, 11) is 0. The Labute approximate surface area is 147 Å². The van der Waals surface area contributed by atoms with Crippen molar-refractivity contribution in [2.45, 2.75) is 20.3 Å². The largest absolute Gasteiger partial charge is 0.484 e. The summed E-state index contributed by atoms with van der Waals surface area (Å²) in [6, 6.07) is 12.9. The van der Waals surface area contributed by atoms with Crippen LogP contribution >= 0.6 is 0 Å². The molecule has 0 saturated carbocycles. The van der Waals surface area contributed by atoms with E-state index >= 15 is 0 Å². The van der Waals surface area contributed by atoms with Gasteiger partial charge in [-0.2, -0.15) is 0 Å². The van der Waals surface area contributed by atoms with Gasteiger partial charge in [0.15, 0.2) is 6.61 Å². The molecule has 0 radical (unpaired) electrons. The van der Waals surface area contributed by atoms with Crippen LogP contribution in [0.3, 0.4) is 0 Å². The van der Waals surface area contributed by atoms with Crippen molar-refractivity contribution in [3.8, 4) is 5.75 Å². The average molecular weight is 341 g/mol. The predicted molar refractivity (Wildman–Crippen MR) is 98.8 cm³/mol. The van der Waals surface area contributed by atoms with Crippen LogP contribution in [0.25, 0.3) is 0 Å². The maximum absolute atomic E-state index is 12.1. The van der Waals surface area contributed by atoms with E-state index in [-0.39, 0.29) is 25.0 Å². The van der Waals surface area contributed by atoms with Crippen LogP contribution in [0.4, 0.5) is 11.4 Å². The number of ether oxygens (including phenoxy) is 1. The number of hydrogen-bond donors (Lipinski definition) is 3. The molecule has 25 heavy (non-hydrogen) atoms. The Kier molecular flexibility index (Phi) is 6.54. The quantitative estimate of drug-likeness (QED) is 0.721. The van der Waals surface area contributed by atoms with Gasteiger partial charge in [-0.1, -0.05) is 25.1 Å². The highest BCUT2D eigenvalue weighted by Gasteiger charge is 2.08. The van der Waals surface area contributed by atoms with Crippen molar-refractivity contribution in [3.05, 3.63) is 53.6 Å². The van der Waals surface area contributed by atoms with E-state index in [9.17, 15) is 9.59 Å². The van der Waals surface area contributed by atoms with Crippen LogP contribution < -0.4 is 21.1 Å². The van der Waals surface area contributed by atoms with Gasteiger partial charge in [0.1, 0.15) is 5.75 Å². The van der Waals surface area contributed by atoms with Gasteiger partial charge >= 0.3 is 0 Å². The summed E-state index contributed by atoms with van der Waals surface area (Å²) in [5.74, 6) is 0.0998. The second-order valence-electron chi connectivity index (χ2n) is 5.62. The lowest BCUT2D eigenvalue weighted by atomic mass is 10.1. The summed E-state index contributed by atoms with van der Waals surface area (Å²) < 4.78 is 5.54. The third-order valence-corrected chi connectivity index (χ3v) is 3.66. The third kappa shape index (κ3) is 5.61. The van der Waals surface area contributed by atoms with Crippen molar-refractivity contribution < 1.29 is 14.3 Å². The molecule has 6 heteroatoms. The number of rotatable bonds is 7. The molecule has 0 saturated heterocycles. The first-order valence-corrected chi connectivity index (χ1v) is 8.14. The molecule has 0 aromatic heterocycles. The molecular weight excluding hydrogens is 318 g/mol. The molecule has 0 fully saturated rings. The van der Waals surface area contributed by atoms with E-state index in [2.05, 4.69) is 17.6 Å². The number of amides is 2. The van der Waals surface area contributed by atoms with Crippen LogP contribution in [0.5, 0.6) is 5.75 Å². The van der Waals surface area contributed by atoms with Gasteiger partial charge in [-0.3, -0.25) is 9.59 Å². The normalized spacial score (nSPS) is 10.2. The second-order valence-corrected chi connectivity index (χ2v) is 5.62. The smallest absolute Gasteiger partial charge is 0.262 e. The van der Waals surface area contributed by atoms with E-state index in [0.29, 0.717) is 17.1 Å². The Morgan fingerprint density at radius 1 is 1.08 bits per heavy atom. The van der Waals surface area contributed by atoms with E-state index in [1.165, 1.54) is 0 Å². The molecule has 2 aromatic rings. The average Bonchev–Trinajstić information content (AvgIpc) is 2.62. The topological polar surface area (TPSA) is 93.5 Å². The van der Waals surface area contributed by atoms with E-state index < -0.39 is 0 Å². The third-order valence-electron chi connectivity index (χ3n) is 3.66. The van der Waals surface area contributed by atoms with Gasteiger partial charge in [-0.05, 0) is 48.7 Å². The molecule has 0 heterocycles. The highest BCUT2D eigenvalue weighted by Crippen LogP contribution is 2.20. The zero-order chi connectivity index (χ0) is 18.2. The lowest BCUT2D eigenvalue weighted by molar-refractivity contribution is -0.118. The van der Waals surface area contributed by atoms with E-state index in [1.54, 1.807) is 12.1 Å². The molecule has 0 bridgehead atoms. The fourth-order valence-electron chi connectivity index (χ4n) is 2.24. The molecule has 2 rings (SSSR count). The van der Waals surface area contributed by atoms with Crippen molar-refractivity contribution in [3.63, 3.8) is 0 Å². The number of nitrogens with one attached hydrogen (secondary N) is 2. The Morgan fingerprint density at radius 3 is 2.60 bits per heavy atom. The molecule has 132 valence electrons. The first-order valence-electron chi connectivity index (χ1n) is 8.14. The second kappa shape index (κ2) is 8.84. The standard InChI is InChI=1S/C19H23N3O3/c1-3-14-5-4-6-16(9-14)25-12-19(24)22-17-10-15(8-7-13(17)2)21-18(23)11-20/h4-10H,3,11-12,20H2,1-2H3,(H,21,23)(H,22,24). The molecule has 0 aliphatic rings. The van der Waals surface area contributed by atoms with Crippen LogP contribution in [0, 0.1) is 6.92 Å². The van der Waals surface area contributed by atoms with E-state index in [1.807, 2.05) is 37.3 Å². The number of hydrogen-bond acceptors (Lipinski definition) is 4. The number of nitrogens with two attached hydrogens (primary N) is 1. The van der Waals surface area contributed by atoms with Crippen molar-refractivity contribution in [1.29, 1.82) is 0 Å². The first kappa shape index (κ1) is 18.5. The molecule has 0 atom stereocenters. The number of carbonyl (C=O) groups is 2. The highest BCUT2D eigenvalue weighted by molar-refractivity contribution is 5.95. The maximum Gasteiger partial charge on any atom is 0.262 e. The zero-order valence-corrected chi connectivity index (χ0v) is 14.5. The van der Waals surface area contributed by atoms with Crippen LogP contribution in [0.1, 0.15) is 18.1 Å². The molecular formula is C19H23N3O3. The molecule has 2 amide bonds. The van der Waals surface area contributed by atoms with Gasteiger partial charge < -0.3 is 21.1 Å². The SMILES string of the molecule is CCc1cccc(OCC(=O)Nc2cc(NC(=O)CN)ccc2C)c1. The van der Waals surface area contributed by atoms with Gasteiger partial charge in [0.2, 0.25) is 5.91 Å². The highest BCUT2D eigenvalue weighted by atomic mass is 16.5. The van der Waals surface area contributed by atoms with Crippen LogP contribution in [0.2, 0.25) is 0 Å². The minimum Gasteiger partial charge on any atom is -0.484 e. The van der Waals surface area contributed by atoms with Gasteiger partial charge in [0, 0.05) is 11.4 Å². The van der Waals surface area contributed by atoms with Crippen LogP contribution in [-0.2, 0) is 16.0 Å². The van der Waals surface area contributed by atoms with Crippen molar-refractivity contribution in [2.75, 3.05) is 23.8 Å². The van der Waals surface area contributed by atoms with Gasteiger partial charge in [-0.15, -0.1) is 0 Å². The molecule has 0 aliphatic carbocycles. The molecule has 0 unspecified atom stereocenters. The summed E-state index contributed by atoms with van der Waals surface area (Å²) in [6.45, 7) is 3.74. The predicted octanol–water partition coefficient (Wildman–Crippen LogP) is 2.47. The summed E-state index contributed by atoms with van der Waals surface area (Å²) in [4.78, 5) is 23.5. The minimum absolute atomic E-state index is 0.0913. The Balaban J connectivity index is 1.97. The lowest BCUT2D eigenvalue weighted by Gasteiger charge is -2.12. The van der Waals surface area contributed by atoms with Gasteiger partial charge in [-0.25, -0.2) is 0 Å². The van der Waals surface area contributed by atoms with Crippen molar-refractivity contribution in [1.82, 2.24) is 0 Å². The Hall–Kier alpha value is -2.86. The van der Waals surface area contributed by atoms with E-state index in [0.717, 1.165) is 17.5 Å². The van der Waals surface area contributed by atoms with Crippen LogP contribution in [-0.4, -0.2) is 25.0 Å². The van der Waals surface area contributed by atoms with Gasteiger partial charge in [0.25, 0.3) is 5.91 Å². The van der Waals surface area contributed by atoms with Crippen molar-refractivity contribution >= 4 is 23.2 Å². The molecule has 0 spiro atoms. The summed E-state index contributed by atoms with van der Waals surface area (Å²) in [5, 5.41) is 5.45. The van der Waals surface area contributed by atoms with E-state index in [4.69, 9.17) is 10.5 Å². The minimum atomic E-state index is -0.291. The summed E-state index contributed by atoms with van der Waals surface area (Å²) >= 11 is 0. The first-order chi connectivity index (χ1) is 12.0. The fourth-order valence-corrected chi connectivity index (χ4v) is 2.24. The molecule has 2 aromatic carbocycles. The van der Waals surface area contributed by atoms with Crippen molar-refractivity contribution in [2.24, 2.45) is 5.73 Å². The lowest BCUT2D eigenvalue weighted by Crippen LogP contribution is -2.23. The summed E-state index contributed by atoms with van der Waals surface area (Å²) in [5.41, 5.74) is 8.51. The number of benzene rings is 2. The number of aryl methyl sites for hydroxylation is 2. The Morgan fingerprint density at radius 2 is 1.88 bits per heavy atom. The molecule has 0 aliphatic heterocycles. The van der Waals surface area contributed by atoms with Crippen LogP contribution in [0.15, 0.2) is 42.5 Å². The molecule has 4 N–H and O–H groups in total. The molecule has 6 nitrogen and oxygen atoms in total. The number of anilines is 2. The Bertz CT molecular complexity index is 759. The van der Waals surface area contributed by atoms with Gasteiger partial charge in [0.05, 0.1) is 6.54 Å². The summed E-state index contributed by atoms with van der Waals surface area (Å²) in [6.07, 6.45) is 0.907.